The molecule has 0 radical (unpaired) electrons. The minimum atomic E-state index is -0.828. The van der Waals surface area contributed by atoms with Crippen molar-refractivity contribution >= 4 is 17.6 Å². The van der Waals surface area contributed by atoms with Crippen molar-refractivity contribution in [2.75, 3.05) is 6.61 Å². The molecule has 0 atom stereocenters. The lowest BCUT2D eigenvalue weighted by Gasteiger charge is -2.25. The molecule has 1 fully saturated rings. The van der Waals surface area contributed by atoms with Crippen molar-refractivity contribution in [3.05, 3.63) is 28.8 Å². The largest absolute Gasteiger partial charge is 0.492 e. The molecule has 0 amide bonds. The first kappa shape index (κ1) is 14.2. The SMILES string of the molecule is CC(C)(CC(=O)O)c1cccc(OCC2CC2)c1Cl. The van der Waals surface area contributed by atoms with Gasteiger partial charge < -0.3 is 9.84 Å². The number of benzene rings is 1. The number of aliphatic carboxylic acids is 1. The first-order valence-corrected chi connectivity index (χ1v) is 6.91. The first-order chi connectivity index (χ1) is 8.90. The van der Waals surface area contributed by atoms with Crippen LogP contribution < -0.4 is 4.74 Å². The molecule has 1 aliphatic carbocycles. The molecule has 3 nitrogen and oxygen atoms in total. The van der Waals surface area contributed by atoms with Gasteiger partial charge in [-0.15, -0.1) is 0 Å². The molecule has 0 saturated heterocycles. The molecule has 0 heterocycles. The van der Waals surface area contributed by atoms with Crippen molar-refractivity contribution in [2.24, 2.45) is 5.92 Å². The summed E-state index contributed by atoms with van der Waals surface area (Å²) < 4.78 is 5.72. The Bertz CT molecular complexity index is 478. The topological polar surface area (TPSA) is 46.5 Å². The molecule has 1 saturated carbocycles. The third kappa shape index (κ3) is 3.63. The maximum Gasteiger partial charge on any atom is 0.304 e. The lowest BCUT2D eigenvalue weighted by Crippen LogP contribution is -2.22. The Labute approximate surface area is 118 Å². The molecule has 1 aromatic carbocycles. The average molecular weight is 283 g/mol. The predicted molar refractivity (Wildman–Crippen MR) is 74.9 cm³/mol. The number of hydrogen-bond acceptors (Lipinski definition) is 2. The van der Waals surface area contributed by atoms with Gasteiger partial charge in [0.1, 0.15) is 5.75 Å². The molecule has 0 bridgehead atoms. The second-order valence-corrected chi connectivity index (χ2v) is 6.20. The van der Waals surface area contributed by atoms with Gasteiger partial charge in [0, 0.05) is 5.41 Å². The summed E-state index contributed by atoms with van der Waals surface area (Å²) in [6.45, 7) is 4.46. The van der Waals surface area contributed by atoms with Crippen LogP contribution in [-0.2, 0) is 10.2 Å². The fourth-order valence-electron chi connectivity index (χ4n) is 2.11. The minimum Gasteiger partial charge on any atom is -0.492 e. The average Bonchev–Trinajstić information content (AvgIpc) is 3.09. The summed E-state index contributed by atoms with van der Waals surface area (Å²) in [5.41, 5.74) is 0.312. The van der Waals surface area contributed by atoms with Crippen molar-refractivity contribution in [2.45, 2.75) is 38.5 Å². The van der Waals surface area contributed by atoms with Crippen molar-refractivity contribution in [1.82, 2.24) is 0 Å². The van der Waals surface area contributed by atoms with Gasteiger partial charge in [-0.05, 0) is 30.4 Å². The zero-order valence-corrected chi connectivity index (χ0v) is 12.0. The van der Waals surface area contributed by atoms with Crippen LogP contribution in [0.3, 0.4) is 0 Å². The Balaban J connectivity index is 2.19. The number of hydrogen-bond donors (Lipinski definition) is 1. The van der Waals surface area contributed by atoms with Crippen LogP contribution in [0.15, 0.2) is 18.2 Å². The number of carboxylic acid groups (broad SMARTS) is 1. The van der Waals surface area contributed by atoms with Crippen LogP contribution in [-0.4, -0.2) is 17.7 Å². The summed E-state index contributed by atoms with van der Waals surface area (Å²) in [6.07, 6.45) is 2.49. The predicted octanol–water partition coefficient (Wildman–Crippen LogP) is 3.88. The van der Waals surface area contributed by atoms with Gasteiger partial charge in [-0.2, -0.15) is 0 Å². The van der Waals surface area contributed by atoms with Crippen LogP contribution in [0.25, 0.3) is 0 Å². The molecule has 1 aliphatic rings. The number of ether oxygens (including phenoxy) is 1. The standard InChI is InChI=1S/C15H19ClO3/c1-15(2,8-13(17)18)11-4-3-5-12(14(11)16)19-9-10-6-7-10/h3-5,10H,6-9H2,1-2H3,(H,17,18). The third-order valence-electron chi connectivity index (χ3n) is 3.46. The minimum absolute atomic E-state index is 0.0405. The lowest BCUT2D eigenvalue weighted by atomic mass is 9.81. The van der Waals surface area contributed by atoms with Crippen LogP contribution in [0.4, 0.5) is 0 Å². The van der Waals surface area contributed by atoms with Gasteiger partial charge in [0.15, 0.2) is 0 Å². The molecule has 104 valence electrons. The summed E-state index contributed by atoms with van der Waals surface area (Å²) in [4.78, 5) is 10.9. The molecule has 0 aromatic heterocycles. The van der Waals surface area contributed by atoms with Gasteiger partial charge in [-0.1, -0.05) is 37.6 Å². The van der Waals surface area contributed by atoms with E-state index in [1.807, 2.05) is 32.0 Å². The van der Waals surface area contributed by atoms with Crippen LogP contribution >= 0.6 is 11.6 Å². The highest BCUT2D eigenvalue weighted by Gasteiger charge is 2.28. The molecule has 0 unspecified atom stereocenters. The van der Waals surface area contributed by atoms with Gasteiger partial charge in [0.2, 0.25) is 0 Å². The van der Waals surface area contributed by atoms with E-state index >= 15 is 0 Å². The van der Waals surface area contributed by atoms with Gasteiger partial charge in [0.25, 0.3) is 0 Å². The van der Waals surface area contributed by atoms with E-state index in [-0.39, 0.29) is 6.42 Å². The van der Waals surface area contributed by atoms with Gasteiger partial charge >= 0.3 is 5.97 Å². The van der Waals surface area contributed by atoms with E-state index in [0.29, 0.717) is 23.3 Å². The molecular formula is C15H19ClO3. The highest BCUT2D eigenvalue weighted by molar-refractivity contribution is 6.33. The van der Waals surface area contributed by atoms with Crippen LogP contribution in [0.2, 0.25) is 5.02 Å². The fourth-order valence-corrected chi connectivity index (χ4v) is 2.55. The molecule has 4 heteroatoms. The van der Waals surface area contributed by atoms with Gasteiger partial charge in [-0.3, -0.25) is 4.79 Å². The highest BCUT2D eigenvalue weighted by Crippen LogP contribution is 2.39. The smallest absolute Gasteiger partial charge is 0.304 e. The normalized spacial score (nSPS) is 15.3. The van der Waals surface area contributed by atoms with Crippen molar-refractivity contribution in [1.29, 1.82) is 0 Å². The summed E-state index contributed by atoms with van der Waals surface area (Å²) in [6, 6.07) is 5.58. The maximum absolute atomic E-state index is 10.9. The lowest BCUT2D eigenvalue weighted by molar-refractivity contribution is -0.138. The summed E-state index contributed by atoms with van der Waals surface area (Å²) in [7, 11) is 0. The Morgan fingerprint density at radius 2 is 2.16 bits per heavy atom. The number of carbonyl (C=O) groups is 1. The van der Waals surface area contributed by atoms with E-state index in [0.717, 1.165) is 5.56 Å². The first-order valence-electron chi connectivity index (χ1n) is 6.54. The molecular weight excluding hydrogens is 264 g/mol. The summed E-state index contributed by atoms with van der Waals surface area (Å²) >= 11 is 6.36. The number of carboxylic acids is 1. The Kier molecular flexibility index (Phi) is 4.04. The van der Waals surface area contributed by atoms with Crippen molar-refractivity contribution in [3.8, 4) is 5.75 Å². The van der Waals surface area contributed by atoms with Gasteiger partial charge in [0.05, 0.1) is 18.1 Å². The molecule has 2 rings (SSSR count). The molecule has 19 heavy (non-hydrogen) atoms. The maximum atomic E-state index is 10.9. The quantitative estimate of drug-likeness (QED) is 0.861. The van der Waals surface area contributed by atoms with E-state index < -0.39 is 11.4 Å². The Morgan fingerprint density at radius 1 is 1.47 bits per heavy atom. The van der Waals surface area contributed by atoms with E-state index in [9.17, 15) is 4.79 Å². The summed E-state index contributed by atoms with van der Waals surface area (Å²) in [5, 5.41) is 9.52. The van der Waals surface area contributed by atoms with Crippen LogP contribution in [0.1, 0.15) is 38.7 Å². The van der Waals surface area contributed by atoms with Crippen molar-refractivity contribution < 1.29 is 14.6 Å². The van der Waals surface area contributed by atoms with Crippen LogP contribution in [0.5, 0.6) is 5.75 Å². The summed E-state index contributed by atoms with van der Waals surface area (Å²) in [5.74, 6) is 0.488. The zero-order chi connectivity index (χ0) is 14.0. The highest BCUT2D eigenvalue weighted by atomic mass is 35.5. The monoisotopic (exact) mass is 282 g/mol. The number of rotatable bonds is 6. The second kappa shape index (κ2) is 5.41. The van der Waals surface area contributed by atoms with E-state index in [1.54, 1.807) is 0 Å². The second-order valence-electron chi connectivity index (χ2n) is 5.83. The molecule has 0 spiro atoms. The molecule has 1 N–H and O–H groups in total. The van der Waals surface area contributed by atoms with E-state index in [4.69, 9.17) is 21.4 Å². The number of halogens is 1. The molecule has 0 aliphatic heterocycles. The van der Waals surface area contributed by atoms with Crippen molar-refractivity contribution in [3.63, 3.8) is 0 Å². The van der Waals surface area contributed by atoms with Gasteiger partial charge in [-0.25, -0.2) is 0 Å². The molecule has 1 aromatic rings. The van der Waals surface area contributed by atoms with Crippen LogP contribution in [0, 0.1) is 5.92 Å². The third-order valence-corrected chi connectivity index (χ3v) is 3.85. The zero-order valence-electron chi connectivity index (χ0n) is 11.3. The Hall–Kier alpha value is -1.22. The fraction of sp³-hybridized carbons (Fsp3) is 0.533. The Morgan fingerprint density at radius 3 is 2.74 bits per heavy atom. The van der Waals surface area contributed by atoms with E-state index in [2.05, 4.69) is 0 Å². The van der Waals surface area contributed by atoms with E-state index in [1.165, 1.54) is 12.8 Å².